The number of carbonyl (C=O) groups is 2. The van der Waals surface area contributed by atoms with Gasteiger partial charge in [-0.05, 0) is 24.3 Å². The van der Waals surface area contributed by atoms with Crippen LogP contribution in [0.1, 0.15) is 41.8 Å². The second-order valence-corrected chi connectivity index (χ2v) is 5.80. The molecule has 0 N–H and O–H groups in total. The van der Waals surface area contributed by atoms with Gasteiger partial charge in [-0.3, -0.25) is 4.79 Å². The lowest BCUT2D eigenvalue weighted by atomic mass is 9.94. The molecule has 1 aromatic rings. The highest BCUT2D eigenvalue weighted by Gasteiger charge is 2.23. The predicted molar refractivity (Wildman–Crippen MR) is 74.2 cm³/mol. The minimum Gasteiger partial charge on any atom is -0.451 e. The van der Waals surface area contributed by atoms with Gasteiger partial charge in [0.05, 0.1) is 0 Å². The van der Waals surface area contributed by atoms with Gasteiger partial charge in [-0.15, -0.1) is 11.3 Å². The number of thiophene rings is 1. The zero-order valence-corrected chi connectivity index (χ0v) is 11.9. The first-order valence-corrected chi connectivity index (χ1v) is 7.52. The Labute approximate surface area is 117 Å². The SMILES string of the molecule is CN(C(=O)COC(=O)c1cccs1)C1CCCCC1. The number of amides is 1. The molecule has 1 aromatic heterocycles. The highest BCUT2D eigenvalue weighted by Crippen LogP contribution is 2.21. The minimum absolute atomic E-state index is 0.114. The summed E-state index contributed by atoms with van der Waals surface area (Å²) in [6, 6.07) is 3.79. The summed E-state index contributed by atoms with van der Waals surface area (Å²) in [5.41, 5.74) is 0. The molecule has 2 rings (SSSR count). The van der Waals surface area contributed by atoms with Crippen molar-refractivity contribution in [3.8, 4) is 0 Å². The van der Waals surface area contributed by atoms with Gasteiger partial charge in [0.25, 0.3) is 5.91 Å². The lowest BCUT2D eigenvalue weighted by Crippen LogP contribution is -2.40. The number of nitrogens with zero attached hydrogens (tertiary/aromatic N) is 1. The first-order chi connectivity index (χ1) is 9.18. The number of rotatable bonds is 4. The van der Waals surface area contributed by atoms with Crippen LogP contribution in [0.15, 0.2) is 17.5 Å². The summed E-state index contributed by atoms with van der Waals surface area (Å²) in [6.45, 7) is -0.163. The smallest absolute Gasteiger partial charge is 0.348 e. The maximum absolute atomic E-state index is 12.0. The Morgan fingerprint density at radius 1 is 1.37 bits per heavy atom. The van der Waals surface area contributed by atoms with Crippen LogP contribution in [0.3, 0.4) is 0 Å². The average Bonchev–Trinajstić information content (AvgIpc) is 2.98. The van der Waals surface area contributed by atoms with Gasteiger partial charge in [0.2, 0.25) is 0 Å². The van der Waals surface area contributed by atoms with Gasteiger partial charge in [0, 0.05) is 13.1 Å². The topological polar surface area (TPSA) is 46.6 Å². The quantitative estimate of drug-likeness (QED) is 0.797. The molecule has 1 aliphatic rings. The fourth-order valence-corrected chi connectivity index (χ4v) is 2.98. The first kappa shape index (κ1) is 14.1. The van der Waals surface area contributed by atoms with Crippen LogP contribution < -0.4 is 0 Å². The van der Waals surface area contributed by atoms with E-state index in [9.17, 15) is 9.59 Å². The van der Waals surface area contributed by atoms with Gasteiger partial charge in [-0.2, -0.15) is 0 Å². The number of likely N-dealkylation sites (N-methyl/N-ethyl adjacent to an activating group) is 1. The molecule has 1 amide bonds. The third-order valence-corrected chi connectivity index (χ3v) is 4.41. The van der Waals surface area contributed by atoms with Crippen molar-refractivity contribution in [2.24, 2.45) is 0 Å². The third-order valence-electron chi connectivity index (χ3n) is 3.56. The van der Waals surface area contributed by atoms with Gasteiger partial charge >= 0.3 is 5.97 Å². The molecule has 1 saturated carbocycles. The Morgan fingerprint density at radius 2 is 2.11 bits per heavy atom. The largest absolute Gasteiger partial charge is 0.451 e. The molecule has 0 unspecified atom stereocenters. The second kappa shape index (κ2) is 6.70. The second-order valence-electron chi connectivity index (χ2n) is 4.85. The van der Waals surface area contributed by atoms with Crippen molar-refractivity contribution in [1.29, 1.82) is 0 Å². The number of hydrogen-bond donors (Lipinski definition) is 0. The summed E-state index contributed by atoms with van der Waals surface area (Å²) in [5.74, 6) is -0.530. The Hall–Kier alpha value is -1.36. The summed E-state index contributed by atoms with van der Waals surface area (Å²) in [6.07, 6.45) is 5.72. The van der Waals surface area contributed by atoms with Crippen LogP contribution in [-0.4, -0.2) is 36.5 Å². The summed E-state index contributed by atoms with van der Waals surface area (Å²) < 4.78 is 5.04. The molecule has 0 saturated heterocycles. The molecular formula is C14H19NO3S. The lowest BCUT2D eigenvalue weighted by molar-refractivity contribution is -0.135. The molecule has 1 fully saturated rings. The lowest BCUT2D eigenvalue weighted by Gasteiger charge is -2.31. The summed E-state index contributed by atoms with van der Waals surface area (Å²) >= 11 is 1.32. The number of hydrogen-bond acceptors (Lipinski definition) is 4. The molecule has 1 aliphatic carbocycles. The molecule has 104 valence electrons. The van der Waals surface area contributed by atoms with Crippen LogP contribution >= 0.6 is 11.3 Å². The predicted octanol–water partition coefficient (Wildman–Crippen LogP) is 2.70. The van der Waals surface area contributed by atoms with Gasteiger partial charge < -0.3 is 9.64 Å². The Morgan fingerprint density at radius 3 is 2.74 bits per heavy atom. The summed E-state index contributed by atoms with van der Waals surface area (Å²) in [5, 5.41) is 1.81. The van der Waals surface area contributed by atoms with Crippen LogP contribution in [0.4, 0.5) is 0 Å². The molecule has 0 spiro atoms. The summed E-state index contributed by atoms with van der Waals surface area (Å²) in [7, 11) is 1.80. The van der Waals surface area contributed by atoms with E-state index >= 15 is 0 Å². The zero-order valence-electron chi connectivity index (χ0n) is 11.1. The third kappa shape index (κ3) is 3.80. The van der Waals surface area contributed by atoms with Gasteiger partial charge in [-0.1, -0.05) is 25.3 Å². The van der Waals surface area contributed by atoms with Crippen LogP contribution in [0.25, 0.3) is 0 Å². The molecule has 0 atom stereocenters. The fraction of sp³-hybridized carbons (Fsp3) is 0.571. The highest BCUT2D eigenvalue weighted by atomic mass is 32.1. The Bertz CT molecular complexity index is 424. The van der Waals surface area contributed by atoms with Crippen LogP contribution in [0.5, 0.6) is 0 Å². The molecule has 1 heterocycles. The number of esters is 1. The average molecular weight is 281 g/mol. The van der Waals surface area contributed by atoms with Crippen molar-refractivity contribution in [2.45, 2.75) is 38.1 Å². The molecular weight excluding hydrogens is 262 g/mol. The molecule has 5 heteroatoms. The van der Waals surface area contributed by atoms with Crippen LogP contribution in [0, 0.1) is 0 Å². The number of carbonyl (C=O) groups excluding carboxylic acids is 2. The van der Waals surface area contributed by atoms with Crippen molar-refractivity contribution >= 4 is 23.2 Å². The number of ether oxygens (including phenoxy) is 1. The Kier molecular flexibility index (Phi) is 4.96. The van der Waals surface area contributed by atoms with Crippen LogP contribution in [0.2, 0.25) is 0 Å². The van der Waals surface area contributed by atoms with E-state index in [-0.39, 0.29) is 12.5 Å². The Balaban J connectivity index is 1.78. The van der Waals surface area contributed by atoms with E-state index in [2.05, 4.69) is 0 Å². The highest BCUT2D eigenvalue weighted by molar-refractivity contribution is 7.11. The van der Waals surface area contributed by atoms with Crippen molar-refractivity contribution < 1.29 is 14.3 Å². The van der Waals surface area contributed by atoms with E-state index in [1.807, 2.05) is 5.38 Å². The van der Waals surface area contributed by atoms with E-state index in [0.29, 0.717) is 10.9 Å². The van der Waals surface area contributed by atoms with Gasteiger partial charge in [0.1, 0.15) is 4.88 Å². The van der Waals surface area contributed by atoms with Crippen molar-refractivity contribution in [2.75, 3.05) is 13.7 Å². The maximum atomic E-state index is 12.0. The summed E-state index contributed by atoms with van der Waals surface area (Å²) in [4.78, 5) is 25.9. The monoisotopic (exact) mass is 281 g/mol. The van der Waals surface area contributed by atoms with E-state index in [1.165, 1.54) is 30.6 Å². The molecule has 0 bridgehead atoms. The maximum Gasteiger partial charge on any atom is 0.348 e. The zero-order chi connectivity index (χ0) is 13.7. The minimum atomic E-state index is -0.416. The van der Waals surface area contributed by atoms with Gasteiger partial charge in [-0.25, -0.2) is 4.79 Å². The fourth-order valence-electron chi connectivity index (χ4n) is 2.37. The van der Waals surface area contributed by atoms with Crippen LogP contribution in [-0.2, 0) is 9.53 Å². The molecule has 0 aromatic carbocycles. The van der Waals surface area contributed by atoms with E-state index in [1.54, 1.807) is 24.1 Å². The van der Waals surface area contributed by atoms with Gasteiger partial charge in [0.15, 0.2) is 6.61 Å². The van der Waals surface area contributed by atoms with E-state index in [0.717, 1.165) is 12.8 Å². The van der Waals surface area contributed by atoms with E-state index in [4.69, 9.17) is 4.74 Å². The molecule has 4 nitrogen and oxygen atoms in total. The van der Waals surface area contributed by atoms with E-state index < -0.39 is 5.97 Å². The molecule has 0 radical (unpaired) electrons. The first-order valence-electron chi connectivity index (χ1n) is 6.65. The van der Waals surface area contributed by atoms with Crippen molar-refractivity contribution in [1.82, 2.24) is 4.90 Å². The van der Waals surface area contributed by atoms with Crippen molar-refractivity contribution in [3.05, 3.63) is 22.4 Å². The molecule has 0 aliphatic heterocycles. The normalized spacial score (nSPS) is 16.1. The molecule has 19 heavy (non-hydrogen) atoms. The standard InChI is InChI=1S/C14H19NO3S/c1-15(11-6-3-2-4-7-11)13(16)10-18-14(17)12-8-5-9-19-12/h5,8-9,11H,2-4,6-7,10H2,1H3. The van der Waals surface area contributed by atoms with Crippen molar-refractivity contribution in [3.63, 3.8) is 0 Å².